The van der Waals surface area contributed by atoms with Crippen molar-refractivity contribution >= 4 is 11.8 Å². The van der Waals surface area contributed by atoms with Gasteiger partial charge in [-0.1, -0.05) is 31.5 Å². The van der Waals surface area contributed by atoms with Crippen LogP contribution >= 0.6 is 0 Å². The fraction of sp³-hybridized carbons (Fsp3) is 0.455. The Morgan fingerprint density at radius 1 is 1.04 bits per heavy atom. The molecule has 1 aliphatic rings. The number of ether oxygens (including phenoxy) is 1. The predicted octanol–water partition coefficient (Wildman–Crippen LogP) is 3.42. The molecule has 0 bridgehead atoms. The average Bonchev–Trinajstić information content (AvgIpc) is 3.15. The average molecular weight is 384 g/mol. The summed E-state index contributed by atoms with van der Waals surface area (Å²) in [5.41, 5.74) is 2.25. The number of nitrogens with zero attached hydrogens (tertiary/aromatic N) is 2. The maximum atomic E-state index is 12.7. The molecule has 2 heterocycles. The molecule has 3 rings (SSSR count). The molecule has 1 aliphatic heterocycles. The summed E-state index contributed by atoms with van der Waals surface area (Å²) in [7, 11) is 0. The molecular formula is C22H28N2O4. The topological polar surface area (TPSA) is 63.0 Å². The zero-order valence-electron chi connectivity index (χ0n) is 17.0. The fourth-order valence-electron chi connectivity index (χ4n) is 3.33. The zero-order valence-corrected chi connectivity index (χ0v) is 17.0. The highest BCUT2D eigenvalue weighted by atomic mass is 16.5. The molecule has 2 aromatic rings. The lowest BCUT2D eigenvalue weighted by Crippen LogP contribution is -2.51. The van der Waals surface area contributed by atoms with E-state index in [1.165, 1.54) is 5.56 Å². The number of aryl methyl sites for hydroxylation is 2. The van der Waals surface area contributed by atoms with E-state index in [9.17, 15) is 9.59 Å². The summed E-state index contributed by atoms with van der Waals surface area (Å²) >= 11 is 0. The number of carbonyl (C=O) groups excluding carboxylic acids is 2. The van der Waals surface area contributed by atoms with Crippen molar-refractivity contribution in [3.05, 3.63) is 53.0 Å². The van der Waals surface area contributed by atoms with E-state index < -0.39 is 0 Å². The highest BCUT2D eigenvalue weighted by molar-refractivity contribution is 5.91. The first kappa shape index (κ1) is 20.0. The minimum absolute atomic E-state index is 0.0213. The van der Waals surface area contributed by atoms with Crippen LogP contribution in [0.2, 0.25) is 0 Å². The maximum absolute atomic E-state index is 12.7. The Morgan fingerprint density at radius 3 is 2.36 bits per heavy atom. The molecule has 6 heteroatoms. The van der Waals surface area contributed by atoms with Crippen molar-refractivity contribution in [3.63, 3.8) is 0 Å². The Hall–Kier alpha value is -2.76. The Morgan fingerprint density at radius 2 is 1.71 bits per heavy atom. The van der Waals surface area contributed by atoms with Crippen LogP contribution in [0.25, 0.3) is 0 Å². The molecule has 0 spiro atoms. The molecule has 1 saturated heterocycles. The predicted molar refractivity (Wildman–Crippen MR) is 106 cm³/mol. The van der Waals surface area contributed by atoms with E-state index in [-0.39, 0.29) is 24.3 Å². The summed E-state index contributed by atoms with van der Waals surface area (Å²) in [5.74, 6) is 1.69. The second-order valence-electron chi connectivity index (χ2n) is 7.60. The van der Waals surface area contributed by atoms with Gasteiger partial charge in [0, 0.05) is 32.1 Å². The lowest BCUT2D eigenvalue weighted by atomic mass is 10.1. The smallest absolute Gasteiger partial charge is 0.289 e. The molecule has 0 N–H and O–H groups in total. The van der Waals surface area contributed by atoms with Gasteiger partial charge in [-0.3, -0.25) is 9.59 Å². The minimum Gasteiger partial charge on any atom is -0.485 e. The van der Waals surface area contributed by atoms with Gasteiger partial charge in [0.05, 0.1) is 0 Å². The number of carbonyl (C=O) groups is 2. The molecular weight excluding hydrogens is 356 g/mol. The Kier molecular flexibility index (Phi) is 6.07. The Bertz CT molecular complexity index is 848. The Labute approximate surface area is 166 Å². The lowest BCUT2D eigenvalue weighted by molar-refractivity contribution is -0.135. The van der Waals surface area contributed by atoms with Crippen LogP contribution in [0, 0.1) is 19.8 Å². The molecule has 0 unspecified atom stereocenters. The number of furan rings is 1. The molecule has 1 fully saturated rings. The molecule has 150 valence electrons. The molecule has 2 amide bonds. The molecule has 0 saturated carbocycles. The number of hydrogen-bond acceptors (Lipinski definition) is 4. The highest BCUT2D eigenvalue weighted by Gasteiger charge is 2.27. The van der Waals surface area contributed by atoms with Crippen molar-refractivity contribution in [2.75, 3.05) is 26.2 Å². The largest absolute Gasteiger partial charge is 0.485 e. The SMILES string of the molecule is Cc1ccc(OCc2ccc(C(=O)N3CCN(C(=O)C(C)C)CC3)o2)c(C)c1. The highest BCUT2D eigenvalue weighted by Crippen LogP contribution is 2.21. The van der Waals surface area contributed by atoms with Crippen molar-refractivity contribution < 1.29 is 18.7 Å². The van der Waals surface area contributed by atoms with Crippen molar-refractivity contribution in [3.8, 4) is 5.75 Å². The zero-order chi connectivity index (χ0) is 20.3. The second kappa shape index (κ2) is 8.50. The van der Waals surface area contributed by atoms with Gasteiger partial charge >= 0.3 is 0 Å². The number of piperazine rings is 1. The van der Waals surface area contributed by atoms with Crippen LogP contribution in [0.4, 0.5) is 0 Å². The van der Waals surface area contributed by atoms with Crippen LogP contribution in [0.5, 0.6) is 5.75 Å². The third kappa shape index (κ3) is 4.55. The molecule has 28 heavy (non-hydrogen) atoms. The van der Waals surface area contributed by atoms with Crippen molar-refractivity contribution in [2.45, 2.75) is 34.3 Å². The van der Waals surface area contributed by atoms with Gasteiger partial charge in [0.1, 0.15) is 18.1 Å². The van der Waals surface area contributed by atoms with E-state index in [1.54, 1.807) is 17.0 Å². The van der Waals surface area contributed by atoms with E-state index in [4.69, 9.17) is 9.15 Å². The summed E-state index contributed by atoms with van der Waals surface area (Å²) in [5, 5.41) is 0. The number of benzene rings is 1. The summed E-state index contributed by atoms with van der Waals surface area (Å²) < 4.78 is 11.5. The van der Waals surface area contributed by atoms with Crippen molar-refractivity contribution in [2.24, 2.45) is 5.92 Å². The third-order valence-electron chi connectivity index (χ3n) is 4.95. The first-order valence-electron chi connectivity index (χ1n) is 9.72. The van der Waals surface area contributed by atoms with Crippen LogP contribution in [0.1, 0.15) is 41.3 Å². The van der Waals surface area contributed by atoms with E-state index in [0.717, 1.165) is 11.3 Å². The van der Waals surface area contributed by atoms with Crippen molar-refractivity contribution in [1.82, 2.24) is 9.80 Å². The Balaban J connectivity index is 1.55. The van der Waals surface area contributed by atoms with E-state index in [2.05, 4.69) is 6.07 Å². The number of hydrogen-bond donors (Lipinski definition) is 0. The van der Waals surface area contributed by atoms with E-state index in [1.807, 2.05) is 44.7 Å². The standard InChI is InChI=1S/C22H28N2O4/c1-15(2)21(25)23-9-11-24(12-10-23)22(26)20-8-6-18(28-20)14-27-19-7-5-16(3)13-17(19)4/h5-8,13,15H,9-12,14H2,1-4H3. The monoisotopic (exact) mass is 384 g/mol. The van der Waals surface area contributed by atoms with Crippen LogP contribution in [0.3, 0.4) is 0 Å². The molecule has 0 atom stereocenters. The first-order valence-corrected chi connectivity index (χ1v) is 9.72. The second-order valence-corrected chi connectivity index (χ2v) is 7.60. The van der Waals surface area contributed by atoms with Gasteiger partial charge in [-0.25, -0.2) is 0 Å². The maximum Gasteiger partial charge on any atom is 0.289 e. The van der Waals surface area contributed by atoms with Gasteiger partial charge in [0.15, 0.2) is 5.76 Å². The summed E-state index contributed by atoms with van der Waals surface area (Å²) in [6, 6.07) is 9.47. The third-order valence-corrected chi connectivity index (χ3v) is 4.95. The summed E-state index contributed by atoms with van der Waals surface area (Å²) in [6.07, 6.45) is 0. The van der Waals surface area contributed by atoms with Crippen molar-refractivity contribution in [1.29, 1.82) is 0 Å². The van der Waals surface area contributed by atoms with Gasteiger partial charge in [0.2, 0.25) is 5.91 Å². The van der Waals surface area contributed by atoms with Crippen LogP contribution in [0.15, 0.2) is 34.7 Å². The number of rotatable bonds is 5. The molecule has 1 aromatic heterocycles. The van der Waals surface area contributed by atoms with Gasteiger partial charge in [-0.05, 0) is 37.6 Å². The van der Waals surface area contributed by atoms with Gasteiger partial charge < -0.3 is 19.0 Å². The lowest BCUT2D eigenvalue weighted by Gasteiger charge is -2.35. The van der Waals surface area contributed by atoms with Gasteiger partial charge in [-0.15, -0.1) is 0 Å². The van der Waals surface area contributed by atoms with Crippen LogP contribution in [-0.4, -0.2) is 47.8 Å². The molecule has 0 radical (unpaired) electrons. The minimum atomic E-state index is -0.144. The number of amides is 2. The van der Waals surface area contributed by atoms with Gasteiger partial charge in [0.25, 0.3) is 5.91 Å². The molecule has 0 aliphatic carbocycles. The quantitative estimate of drug-likeness (QED) is 0.792. The van der Waals surface area contributed by atoms with Gasteiger partial charge in [-0.2, -0.15) is 0 Å². The fourth-order valence-corrected chi connectivity index (χ4v) is 3.33. The normalized spacial score (nSPS) is 14.5. The van der Waals surface area contributed by atoms with Crippen LogP contribution in [-0.2, 0) is 11.4 Å². The molecule has 1 aromatic carbocycles. The summed E-state index contributed by atoms with van der Waals surface area (Å²) in [4.78, 5) is 28.3. The van der Waals surface area contributed by atoms with Crippen LogP contribution < -0.4 is 4.74 Å². The van der Waals surface area contributed by atoms with E-state index >= 15 is 0 Å². The van der Waals surface area contributed by atoms with E-state index in [0.29, 0.717) is 37.7 Å². The summed E-state index contributed by atoms with van der Waals surface area (Å²) in [6.45, 7) is 10.3. The first-order chi connectivity index (χ1) is 13.3. The molecule has 6 nitrogen and oxygen atoms in total.